The molecule has 0 amide bonds. The van der Waals surface area contributed by atoms with Crippen LogP contribution in [0.5, 0.6) is 0 Å². The van der Waals surface area contributed by atoms with Crippen LogP contribution in [0.1, 0.15) is 6.42 Å². The van der Waals surface area contributed by atoms with Gasteiger partial charge in [0.1, 0.15) is 6.33 Å². The highest BCUT2D eigenvalue weighted by Gasteiger charge is 2.24. The van der Waals surface area contributed by atoms with Crippen LogP contribution in [0.15, 0.2) is 11.5 Å². The van der Waals surface area contributed by atoms with Gasteiger partial charge < -0.3 is 10.1 Å². The van der Waals surface area contributed by atoms with E-state index in [4.69, 9.17) is 4.74 Å². The number of rotatable bonds is 5. The first-order chi connectivity index (χ1) is 7.81. The summed E-state index contributed by atoms with van der Waals surface area (Å²) in [5.74, 6) is 1.64. The minimum atomic E-state index is 0.490. The number of hydrogen-bond acceptors (Lipinski definition) is 5. The van der Waals surface area contributed by atoms with Crippen molar-refractivity contribution in [3.63, 3.8) is 0 Å². The first kappa shape index (κ1) is 11.9. The first-order valence-corrected chi connectivity index (χ1v) is 6.51. The Morgan fingerprint density at radius 3 is 3.19 bits per heavy atom. The zero-order valence-electron chi connectivity index (χ0n) is 9.72. The fourth-order valence-electron chi connectivity index (χ4n) is 1.91. The normalized spacial score (nSPS) is 22.5. The van der Waals surface area contributed by atoms with E-state index in [1.54, 1.807) is 18.1 Å². The van der Waals surface area contributed by atoms with Crippen molar-refractivity contribution in [1.29, 1.82) is 0 Å². The van der Waals surface area contributed by atoms with Crippen molar-refractivity contribution in [3.8, 4) is 0 Å². The maximum atomic E-state index is 5.42. The topological polar surface area (TPSA) is 52.0 Å². The van der Waals surface area contributed by atoms with Gasteiger partial charge in [-0.2, -0.15) is 5.10 Å². The Morgan fingerprint density at radius 1 is 1.75 bits per heavy atom. The van der Waals surface area contributed by atoms with E-state index >= 15 is 0 Å². The highest BCUT2D eigenvalue weighted by molar-refractivity contribution is 7.99. The number of hydrogen-bond donors (Lipinski definition) is 1. The Bertz CT molecular complexity index is 324. The molecule has 1 fully saturated rings. The molecule has 16 heavy (non-hydrogen) atoms. The summed E-state index contributed by atoms with van der Waals surface area (Å²) in [4.78, 5) is 4.20. The van der Waals surface area contributed by atoms with Crippen LogP contribution < -0.4 is 5.32 Å². The summed E-state index contributed by atoms with van der Waals surface area (Å²) in [6, 6.07) is 0.490. The van der Waals surface area contributed by atoms with Gasteiger partial charge in [-0.05, 0) is 13.5 Å². The average Bonchev–Trinajstić information content (AvgIpc) is 2.92. The first-order valence-electron chi connectivity index (χ1n) is 5.53. The molecule has 1 aliphatic rings. The van der Waals surface area contributed by atoms with Crippen LogP contribution in [0.2, 0.25) is 0 Å². The number of nitrogens with one attached hydrogen (secondary N) is 1. The second-order valence-corrected chi connectivity index (χ2v) is 4.98. The second kappa shape index (κ2) is 5.65. The van der Waals surface area contributed by atoms with Crippen LogP contribution in [0, 0.1) is 5.92 Å². The Hall–Kier alpha value is -0.590. The van der Waals surface area contributed by atoms with Gasteiger partial charge in [0.05, 0.1) is 6.61 Å². The molecular formula is C10H18N4OS. The average molecular weight is 242 g/mol. The molecule has 0 bridgehead atoms. The van der Waals surface area contributed by atoms with Crippen LogP contribution in [0.25, 0.3) is 0 Å². The molecule has 0 saturated carbocycles. The lowest BCUT2D eigenvalue weighted by Gasteiger charge is -2.20. The van der Waals surface area contributed by atoms with E-state index in [9.17, 15) is 0 Å². The van der Waals surface area contributed by atoms with E-state index in [0.717, 1.165) is 30.5 Å². The van der Waals surface area contributed by atoms with Crippen molar-refractivity contribution in [1.82, 2.24) is 20.1 Å². The fraction of sp³-hybridized carbons (Fsp3) is 0.800. The molecule has 2 rings (SSSR count). The van der Waals surface area contributed by atoms with Gasteiger partial charge in [0.15, 0.2) is 5.16 Å². The summed E-state index contributed by atoms with van der Waals surface area (Å²) in [5.41, 5.74) is 0. The van der Waals surface area contributed by atoms with Crippen molar-refractivity contribution >= 4 is 11.8 Å². The Balaban J connectivity index is 1.85. The predicted octanol–water partition coefficient (Wildman–Crippen LogP) is 0.532. The molecule has 2 atom stereocenters. The van der Waals surface area contributed by atoms with Gasteiger partial charge in [-0.3, -0.25) is 0 Å². The maximum Gasteiger partial charge on any atom is 0.185 e. The molecule has 1 aromatic rings. The van der Waals surface area contributed by atoms with Gasteiger partial charge in [0, 0.05) is 31.4 Å². The van der Waals surface area contributed by atoms with Crippen LogP contribution in [0.4, 0.5) is 0 Å². The lowest BCUT2D eigenvalue weighted by molar-refractivity contribution is 0.179. The molecule has 1 aromatic heterocycles. The molecule has 90 valence electrons. The van der Waals surface area contributed by atoms with Crippen molar-refractivity contribution in [2.24, 2.45) is 13.0 Å². The van der Waals surface area contributed by atoms with Crippen molar-refractivity contribution in [2.75, 3.05) is 26.0 Å². The minimum absolute atomic E-state index is 0.490. The Kier molecular flexibility index (Phi) is 4.20. The monoisotopic (exact) mass is 242 g/mol. The molecule has 1 N–H and O–H groups in total. The fourth-order valence-corrected chi connectivity index (χ4v) is 3.03. The van der Waals surface area contributed by atoms with E-state index in [-0.39, 0.29) is 0 Å². The van der Waals surface area contributed by atoms with Crippen molar-refractivity contribution in [2.45, 2.75) is 17.6 Å². The number of aryl methyl sites for hydroxylation is 1. The van der Waals surface area contributed by atoms with E-state index < -0.39 is 0 Å². The Labute approximate surface area is 100.0 Å². The van der Waals surface area contributed by atoms with Gasteiger partial charge in [0.2, 0.25) is 0 Å². The lowest BCUT2D eigenvalue weighted by atomic mass is 10.0. The highest BCUT2D eigenvalue weighted by Crippen LogP contribution is 2.22. The molecule has 6 heteroatoms. The molecule has 0 aromatic carbocycles. The van der Waals surface area contributed by atoms with Crippen LogP contribution >= 0.6 is 11.8 Å². The van der Waals surface area contributed by atoms with Crippen LogP contribution in [-0.2, 0) is 11.8 Å². The van der Waals surface area contributed by atoms with E-state index in [1.807, 2.05) is 18.8 Å². The molecule has 2 heterocycles. The third-order valence-electron chi connectivity index (χ3n) is 2.97. The molecule has 0 aliphatic carbocycles. The molecule has 5 nitrogen and oxygen atoms in total. The molecule has 1 saturated heterocycles. The highest BCUT2D eigenvalue weighted by atomic mass is 32.2. The van der Waals surface area contributed by atoms with Gasteiger partial charge in [-0.15, -0.1) is 0 Å². The van der Waals surface area contributed by atoms with Gasteiger partial charge in [0.25, 0.3) is 0 Å². The van der Waals surface area contributed by atoms with E-state index in [1.165, 1.54) is 0 Å². The zero-order valence-corrected chi connectivity index (χ0v) is 10.5. The predicted molar refractivity (Wildman–Crippen MR) is 63.5 cm³/mol. The second-order valence-electron chi connectivity index (χ2n) is 4.00. The summed E-state index contributed by atoms with van der Waals surface area (Å²) in [6.07, 6.45) is 2.75. The van der Waals surface area contributed by atoms with E-state index in [0.29, 0.717) is 12.0 Å². The number of nitrogens with zero attached hydrogens (tertiary/aromatic N) is 3. The lowest BCUT2D eigenvalue weighted by Crippen LogP contribution is -2.36. The van der Waals surface area contributed by atoms with Gasteiger partial charge in [-0.25, -0.2) is 9.67 Å². The Morgan fingerprint density at radius 2 is 2.62 bits per heavy atom. The molecular weight excluding hydrogens is 224 g/mol. The standard InChI is InChI=1S/C10H18N4OS/c1-11-9(8-3-4-15-5-8)6-16-10-12-7-13-14(10)2/h7-9,11H,3-6H2,1-2H3. The van der Waals surface area contributed by atoms with Gasteiger partial charge in [-0.1, -0.05) is 11.8 Å². The SMILES string of the molecule is CNC(CSc1ncnn1C)C1CCOC1. The maximum absolute atomic E-state index is 5.42. The molecule has 2 unspecified atom stereocenters. The summed E-state index contributed by atoms with van der Waals surface area (Å²) < 4.78 is 7.23. The summed E-state index contributed by atoms with van der Waals surface area (Å²) in [6.45, 7) is 1.78. The minimum Gasteiger partial charge on any atom is -0.381 e. The number of aromatic nitrogens is 3. The summed E-state index contributed by atoms with van der Waals surface area (Å²) in [7, 11) is 3.93. The smallest absolute Gasteiger partial charge is 0.185 e. The number of ether oxygens (including phenoxy) is 1. The largest absolute Gasteiger partial charge is 0.381 e. The van der Waals surface area contributed by atoms with Crippen LogP contribution in [-0.4, -0.2) is 46.8 Å². The van der Waals surface area contributed by atoms with Crippen molar-refractivity contribution < 1.29 is 4.74 Å². The third-order valence-corrected chi connectivity index (χ3v) is 4.12. The zero-order chi connectivity index (χ0) is 11.4. The molecule has 1 aliphatic heterocycles. The summed E-state index contributed by atoms with van der Waals surface area (Å²) in [5, 5.41) is 8.40. The van der Waals surface area contributed by atoms with Crippen LogP contribution in [0.3, 0.4) is 0 Å². The molecule has 0 spiro atoms. The van der Waals surface area contributed by atoms with Gasteiger partial charge >= 0.3 is 0 Å². The quantitative estimate of drug-likeness (QED) is 0.763. The van der Waals surface area contributed by atoms with Crippen molar-refractivity contribution in [3.05, 3.63) is 6.33 Å². The summed E-state index contributed by atoms with van der Waals surface area (Å²) >= 11 is 1.74. The third kappa shape index (κ3) is 2.75. The molecule has 0 radical (unpaired) electrons. The number of thioether (sulfide) groups is 1. The van der Waals surface area contributed by atoms with E-state index in [2.05, 4.69) is 15.4 Å².